The summed E-state index contributed by atoms with van der Waals surface area (Å²) in [7, 11) is 1.58. The van der Waals surface area contributed by atoms with Crippen LogP contribution in [0.1, 0.15) is 5.56 Å². The van der Waals surface area contributed by atoms with Crippen LogP contribution in [0.15, 0.2) is 48.7 Å². The summed E-state index contributed by atoms with van der Waals surface area (Å²) in [5.74, 6) is -0.563. The average molecular weight is 324 g/mol. The lowest BCUT2D eigenvalue weighted by atomic mass is 10.2. The fourth-order valence-electron chi connectivity index (χ4n) is 2.24. The Morgan fingerprint density at radius 2 is 1.96 bits per heavy atom. The molecule has 0 unspecified atom stereocenters. The summed E-state index contributed by atoms with van der Waals surface area (Å²) in [6, 6.07) is 10.8. The second-order valence-corrected chi connectivity index (χ2v) is 5.27. The summed E-state index contributed by atoms with van der Waals surface area (Å²) in [6.45, 7) is 5.14. The maximum atomic E-state index is 11.7. The number of amides is 1. The van der Waals surface area contributed by atoms with Gasteiger partial charge in [0.2, 0.25) is 0 Å². The number of nitrogens with one attached hydrogen (secondary N) is 1. The van der Waals surface area contributed by atoms with E-state index in [-0.39, 0.29) is 0 Å². The van der Waals surface area contributed by atoms with Crippen molar-refractivity contribution in [1.82, 2.24) is 15.0 Å². The van der Waals surface area contributed by atoms with Crippen molar-refractivity contribution in [3.8, 4) is 11.4 Å². The summed E-state index contributed by atoms with van der Waals surface area (Å²) in [6.07, 6.45) is 0. The second kappa shape index (κ2) is 6.04. The molecule has 3 rings (SSSR count). The molecule has 1 heterocycles. The number of methoxy groups -OCH3 is 1. The highest BCUT2D eigenvalue weighted by Crippen LogP contribution is 2.24. The SMILES string of the molecule is C=C(O)C(=O)Nc1ccc(C)cc1-n1nc2ccc(OC)cc2n1. The van der Waals surface area contributed by atoms with Crippen LogP contribution in [0.5, 0.6) is 5.75 Å². The zero-order valence-electron chi connectivity index (χ0n) is 13.3. The van der Waals surface area contributed by atoms with Crippen molar-refractivity contribution in [2.75, 3.05) is 12.4 Å². The third-order valence-corrected chi connectivity index (χ3v) is 3.47. The summed E-state index contributed by atoms with van der Waals surface area (Å²) >= 11 is 0. The second-order valence-electron chi connectivity index (χ2n) is 5.27. The molecular formula is C17H16N4O3. The first kappa shape index (κ1) is 15.5. The standard InChI is InChI=1S/C17H16N4O3/c1-10-4-6-14(18-17(23)11(2)22)16(8-10)21-19-13-7-5-12(24-3)9-15(13)20-21/h4-9,22H,2H2,1,3H3,(H,18,23). The smallest absolute Gasteiger partial charge is 0.289 e. The molecule has 1 amide bonds. The molecule has 0 aliphatic rings. The number of hydrogen-bond donors (Lipinski definition) is 2. The quantitative estimate of drug-likeness (QED) is 0.569. The zero-order chi connectivity index (χ0) is 17.3. The van der Waals surface area contributed by atoms with Gasteiger partial charge in [0.15, 0.2) is 5.76 Å². The van der Waals surface area contributed by atoms with E-state index in [0.29, 0.717) is 28.2 Å². The van der Waals surface area contributed by atoms with Crippen LogP contribution in [-0.4, -0.2) is 33.1 Å². The first-order valence-corrected chi connectivity index (χ1v) is 7.19. The highest BCUT2D eigenvalue weighted by molar-refractivity contribution is 6.02. The zero-order valence-corrected chi connectivity index (χ0v) is 13.3. The van der Waals surface area contributed by atoms with Gasteiger partial charge in [-0.15, -0.1) is 15.0 Å². The number of carbonyl (C=O) groups excluding carboxylic acids is 1. The minimum Gasteiger partial charge on any atom is -0.503 e. The molecule has 0 spiro atoms. The van der Waals surface area contributed by atoms with Gasteiger partial charge in [0.25, 0.3) is 5.91 Å². The Morgan fingerprint density at radius 3 is 2.67 bits per heavy atom. The number of rotatable bonds is 4. The van der Waals surface area contributed by atoms with E-state index in [2.05, 4.69) is 22.1 Å². The van der Waals surface area contributed by atoms with Crippen LogP contribution in [0.2, 0.25) is 0 Å². The van der Waals surface area contributed by atoms with Gasteiger partial charge in [0, 0.05) is 6.07 Å². The Morgan fingerprint density at radius 1 is 1.21 bits per heavy atom. The molecule has 2 aromatic carbocycles. The monoisotopic (exact) mass is 324 g/mol. The maximum Gasteiger partial charge on any atom is 0.289 e. The first-order chi connectivity index (χ1) is 11.5. The number of nitrogens with zero attached hydrogens (tertiary/aromatic N) is 3. The molecule has 24 heavy (non-hydrogen) atoms. The fraction of sp³-hybridized carbons (Fsp3) is 0.118. The Kier molecular flexibility index (Phi) is 3.91. The summed E-state index contributed by atoms with van der Waals surface area (Å²) in [5.41, 5.74) is 3.39. The third-order valence-electron chi connectivity index (χ3n) is 3.47. The van der Waals surface area contributed by atoms with Gasteiger partial charge in [-0.2, -0.15) is 0 Å². The lowest BCUT2D eigenvalue weighted by Crippen LogP contribution is -2.15. The van der Waals surface area contributed by atoms with Crippen LogP contribution in [0.25, 0.3) is 16.7 Å². The Labute approximate surface area is 138 Å². The predicted octanol–water partition coefficient (Wildman–Crippen LogP) is 2.75. The Bertz CT molecular complexity index is 946. The summed E-state index contributed by atoms with van der Waals surface area (Å²) in [5, 5.41) is 20.7. The molecular weight excluding hydrogens is 308 g/mol. The Hall–Kier alpha value is -3.35. The van der Waals surface area contributed by atoms with Crippen LogP contribution in [0, 0.1) is 6.92 Å². The molecule has 7 nitrogen and oxygen atoms in total. The molecule has 0 fully saturated rings. The molecule has 0 aliphatic heterocycles. The van der Waals surface area contributed by atoms with Crippen LogP contribution in [-0.2, 0) is 4.79 Å². The van der Waals surface area contributed by atoms with Gasteiger partial charge in [-0.3, -0.25) is 4.79 Å². The fourth-order valence-corrected chi connectivity index (χ4v) is 2.24. The minimum atomic E-state index is -0.682. The lowest BCUT2D eigenvalue weighted by molar-refractivity contribution is -0.115. The van der Waals surface area contributed by atoms with Crippen molar-refractivity contribution in [2.24, 2.45) is 0 Å². The largest absolute Gasteiger partial charge is 0.503 e. The number of aromatic nitrogens is 3. The number of carbonyl (C=O) groups is 1. The predicted molar refractivity (Wildman–Crippen MR) is 90.6 cm³/mol. The lowest BCUT2D eigenvalue weighted by Gasteiger charge is -2.10. The highest BCUT2D eigenvalue weighted by Gasteiger charge is 2.13. The van der Waals surface area contributed by atoms with Gasteiger partial charge in [-0.1, -0.05) is 12.6 Å². The molecule has 0 atom stereocenters. The number of aryl methyl sites for hydroxylation is 1. The van der Waals surface area contributed by atoms with Gasteiger partial charge in [-0.25, -0.2) is 0 Å². The number of benzene rings is 2. The number of fused-ring (bicyclic) bond motifs is 1. The van der Waals surface area contributed by atoms with Crippen LogP contribution >= 0.6 is 0 Å². The van der Waals surface area contributed by atoms with Crippen LogP contribution in [0.3, 0.4) is 0 Å². The molecule has 122 valence electrons. The van der Waals surface area contributed by atoms with Crippen molar-refractivity contribution in [3.05, 3.63) is 54.3 Å². The molecule has 0 aliphatic carbocycles. The van der Waals surface area contributed by atoms with Gasteiger partial charge in [0.1, 0.15) is 22.5 Å². The minimum absolute atomic E-state index is 0.466. The molecule has 0 saturated heterocycles. The van der Waals surface area contributed by atoms with E-state index in [0.717, 1.165) is 5.56 Å². The van der Waals surface area contributed by atoms with E-state index in [1.807, 2.05) is 19.1 Å². The highest BCUT2D eigenvalue weighted by atomic mass is 16.5. The first-order valence-electron chi connectivity index (χ1n) is 7.19. The van der Waals surface area contributed by atoms with Crippen molar-refractivity contribution in [1.29, 1.82) is 0 Å². The molecule has 1 aromatic heterocycles. The molecule has 0 saturated carbocycles. The van der Waals surface area contributed by atoms with E-state index >= 15 is 0 Å². The third kappa shape index (κ3) is 2.91. The van der Waals surface area contributed by atoms with E-state index in [4.69, 9.17) is 4.74 Å². The molecule has 7 heteroatoms. The summed E-state index contributed by atoms with van der Waals surface area (Å²) < 4.78 is 5.19. The van der Waals surface area contributed by atoms with Crippen LogP contribution in [0.4, 0.5) is 5.69 Å². The molecule has 0 bridgehead atoms. The normalized spacial score (nSPS) is 10.6. The van der Waals surface area contributed by atoms with Gasteiger partial charge in [-0.05, 0) is 36.8 Å². The van der Waals surface area contributed by atoms with Crippen molar-refractivity contribution < 1.29 is 14.6 Å². The van der Waals surface area contributed by atoms with E-state index in [1.54, 1.807) is 31.4 Å². The average Bonchev–Trinajstić information content (AvgIpc) is 2.98. The van der Waals surface area contributed by atoms with Crippen molar-refractivity contribution >= 4 is 22.6 Å². The van der Waals surface area contributed by atoms with Gasteiger partial charge >= 0.3 is 0 Å². The van der Waals surface area contributed by atoms with Crippen molar-refractivity contribution in [3.63, 3.8) is 0 Å². The molecule has 0 radical (unpaired) electrons. The Balaban J connectivity index is 2.09. The maximum absolute atomic E-state index is 11.7. The van der Waals surface area contributed by atoms with Gasteiger partial charge in [0.05, 0.1) is 12.8 Å². The number of ether oxygens (including phenoxy) is 1. The van der Waals surface area contributed by atoms with Crippen molar-refractivity contribution in [2.45, 2.75) is 6.92 Å². The summed E-state index contributed by atoms with van der Waals surface area (Å²) in [4.78, 5) is 13.1. The number of aliphatic hydroxyl groups is 1. The van der Waals surface area contributed by atoms with E-state index in [9.17, 15) is 9.90 Å². The number of aliphatic hydroxyl groups excluding tert-OH is 1. The molecule has 2 N–H and O–H groups in total. The number of hydrogen-bond acceptors (Lipinski definition) is 5. The van der Waals surface area contributed by atoms with E-state index < -0.39 is 11.7 Å². The number of anilines is 1. The molecule has 3 aromatic rings. The topological polar surface area (TPSA) is 89.3 Å². The van der Waals surface area contributed by atoms with Crippen LogP contribution < -0.4 is 10.1 Å². The van der Waals surface area contributed by atoms with E-state index in [1.165, 1.54) is 4.80 Å². The van der Waals surface area contributed by atoms with Gasteiger partial charge < -0.3 is 15.2 Å².